The SMILES string of the molecule is CC(C)(C)c1cc2c(c(C(C)(C)C)c1)OCC(c1ccccc1Sc1ccccc1)=C2. The molecule has 0 saturated carbocycles. The van der Waals surface area contributed by atoms with Gasteiger partial charge in [-0.3, -0.25) is 0 Å². The van der Waals surface area contributed by atoms with Crippen LogP contribution in [0.15, 0.2) is 76.5 Å². The Labute approximate surface area is 191 Å². The molecule has 0 saturated heterocycles. The normalized spacial score (nSPS) is 13.9. The van der Waals surface area contributed by atoms with Crippen LogP contribution in [0.1, 0.15) is 63.8 Å². The van der Waals surface area contributed by atoms with Gasteiger partial charge in [0.1, 0.15) is 12.4 Å². The predicted octanol–water partition coefficient (Wildman–Crippen LogP) is 8.37. The molecule has 160 valence electrons. The van der Waals surface area contributed by atoms with E-state index in [4.69, 9.17) is 4.74 Å². The molecule has 0 aliphatic carbocycles. The van der Waals surface area contributed by atoms with Gasteiger partial charge >= 0.3 is 0 Å². The van der Waals surface area contributed by atoms with Crippen LogP contribution >= 0.6 is 11.8 Å². The number of fused-ring (bicyclic) bond motifs is 1. The van der Waals surface area contributed by atoms with Crippen LogP contribution in [0.4, 0.5) is 0 Å². The standard InChI is InChI=1S/C29H32OS/c1-28(2,3)22-17-20-16-21(19-30-27(20)25(18-22)29(4,5)6)24-14-10-11-15-26(24)31-23-12-8-7-9-13-23/h7-18H,19H2,1-6H3. The van der Waals surface area contributed by atoms with Gasteiger partial charge < -0.3 is 4.74 Å². The lowest BCUT2D eigenvalue weighted by molar-refractivity contribution is 0.352. The Morgan fingerprint density at radius 3 is 2.13 bits per heavy atom. The fraction of sp³-hybridized carbons (Fsp3) is 0.310. The molecule has 0 N–H and O–H groups in total. The van der Waals surface area contributed by atoms with Gasteiger partial charge in [0.05, 0.1) is 0 Å². The van der Waals surface area contributed by atoms with E-state index < -0.39 is 0 Å². The van der Waals surface area contributed by atoms with Gasteiger partial charge in [-0.15, -0.1) is 0 Å². The van der Waals surface area contributed by atoms with Crippen molar-refractivity contribution in [2.75, 3.05) is 6.61 Å². The second-order valence-corrected chi connectivity index (χ2v) is 11.4. The molecule has 1 heterocycles. The molecule has 0 bridgehead atoms. The molecule has 31 heavy (non-hydrogen) atoms. The number of ether oxygens (including phenoxy) is 1. The zero-order valence-corrected chi connectivity index (χ0v) is 20.3. The summed E-state index contributed by atoms with van der Waals surface area (Å²) in [4.78, 5) is 2.51. The molecule has 3 aromatic carbocycles. The Bertz CT molecular complexity index is 1110. The summed E-state index contributed by atoms with van der Waals surface area (Å²) in [5.41, 5.74) is 6.43. The van der Waals surface area contributed by atoms with E-state index in [0.717, 1.165) is 5.75 Å². The van der Waals surface area contributed by atoms with Crippen molar-refractivity contribution >= 4 is 23.4 Å². The minimum absolute atomic E-state index is 0.0256. The topological polar surface area (TPSA) is 9.23 Å². The third-order valence-corrected chi connectivity index (χ3v) is 6.78. The Kier molecular flexibility index (Phi) is 5.79. The average Bonchev–Trinajstić information content (AvgIpc) is 2.72. The molecule has 1 aliphatic rings. The van der Waals surface area contributed by atoms with Crippen LogP contribution in [0, 0.1) is 0 Å². The highest BCUT2D eigenvalue weighted by Crippen LogP contribution is 2.43. The zero-order valence-electron chi connectivity index (χ0n) is 19.5. The fourth-order valence-corrected chi connectivity index (χ4v) is 4.88. The Morgan fingerprint density at radius 1 is 0.774 bits per heavy atom. The lowest BCUT2D eigenvalue weighted by atomic mass is 9.78. The largest absolute Gasteiger partial charge is 0.488 e. The van der Waals surface area contributed by atoms with Crippen LogP contribution in [-0.2, 0) is 10.8 Å². The highest BCUT2D eigenvalue weighted by atomic mass is 32.2. The molecular formula is C29H32OS. The van der Waals surface area contributed by atoms with Crippen molar-refractivity contribution in [3.05, 3.63) is 89.0 Å². The van der Waals surface area contributed by atoms with E-state index in [-0.39, 0.29) is 10.8 Å². The third-order valence-electron chi connectivity index (χ3n) is 5.70. The summed E-state index contributed by atoms with van der Waals surface area (Å²) >= 11 is 1.81. The second-order valence-electron chi connectivity index (χ2n) is 10.3. The van der Waals surface area contributed by atoms with E-state index in [0.29, 0.717) is 6.61 Å². The van der Waals surface area contributed by atoms with Crippen molar-refractivity contribution in [1.82, 2.24) is 0 Å². The van der Waals surface area contributed by atoms with Gasteiger partial charge in [0, 0.05) is 20.9 Å². The van der Waals surface area contributed by atoms with Crippen molar-refractivity contribution in [1.29, 1.82) is 0 Å². The van der Waals surface area contributed by atoms with Gasteiger partial charge in [0.25, 0.3) is 0 Å². The van der Waals surface area contributed by atoms with Gasteiger partial charge in [-0.2, -0.15) is 0 Å². The summed E-state index contributed by atoms with van der Waals surface area (Å²) in [5, 5.41) is 0. The Hall–Kier alpha value is -2.45. The van der Waals surface area contributed by atoms with Crippen molar-refractivity contribution in [2.24, 2.45) is 0 Å². The number of hydrogen-bond acceptors (Lipinski definition) is 2. The summed E-state index contributed by atoms with van der Waals surface area (Å²) in [6.45, 7) is 14.2. The molecule has 0 atom stereocenters. The van der Waals surface area contributed by atoms with Crippen LogP contribution < -0.4 is 4.74 Å². The smallest absolute Gasteiger partial charge is 0.130 e. The first-order chi connectivity index (χ1) is 14.6. The minimum Gasteiger partial charge on any atom is -0.488 e. The lowest BCUT2D eigenvalue weighted by Gasteiger charge is -2.31. The van der Waals surface area contributed by atoms with Gasteiger partial charge in [-0.25, -0.2) is 0 Å². The molecule has 3 aromatic rings. The minimum atomic E-state index is 0.0256. The van der Waals surface area contributed by atoms with E-state index in [1.807, 2.05) is 11.8 Å². The molecule has 0 aromatic heterocycles. The number of benzene rings is 3. The third kappa shape index (κ3) is 4.75. The average molecular weight is 429 g/mol. The molecule has 4 rings (SSSR count). The van der Waals surface area contributed by atoms with E-state index in [9.17, 15) is 0 Å². The van der Waals surface area contributed by atoms with Gasteiger partial charge in [-0.05, 0) is 57.9 Å². The van der Waals surface area contributed by atoms with Gasteiger partial charge in [-0.1, -0.05) is 95.8 Å². The maximum Gasteiger partial charge on any atom is 0.130 e. The first-order valence-corrected chi connectivity index (χ1v) is 11.8. The van der Waals surface area contributed by atoms with E-state index in [2.05, 4.69) is 114 Å². The predicted molar refractivity (Wildman–Crippen MR) is 134 cm³/mol. The summed E-state index contributed by atoms with van der Waals surface area (Å²) < 4.78 is 6.44. The van der Waals surface area contributed by atoms with E-state index >= 15 is 0 Å². The Morgan fingerprint density at radius 2 is 1.45 bits per heavy atom. The zero-order chi connectivity index (χ0) is 22.2. The fourth-order valence-electron chi connectivity index (χ4n) is 3.88. The van der Waals surface area contributed by atoms with Crippen LogP contribution in [0.25, 0.3) is 11.6 Å². The second kappa shape index (κ2) is 8.24. The molecule has 0 spiro atoms. The molecule has 2 heteroatoms. The molecule has 0 amide bonds. The van der Waals surface area contributed by atoms with Gasteiger partial charge in [0.2, 0.25) is 0 Å². The summed E-state index contributed by atoms with van der Waals surface area (Å²) in [5.74, 6) is 1.04. The van der Waals surface area contributed by atoms with E-state index in [1.165, 1.54) is 37.6 Å². The summed E-state index contributed by atoms with van der Waals surface area (Å²) in [6, 6.07) is 23.9. The highest BCUT2D eigenvalue weighted by Gasteiger charge is 2.28. The maximum atomic E-state index is 6.44. The van der Waals surface area contributed by atoms with Gasteiger partial charge in [0.15, 0.2) is 0 Å². The maximum absolute atomic E-state index is 6.44. The van der Waals surface area contributed by atoms with Crippen LogP contribution in [0.2, 0.25) is 0 Å². The summed E-state index contributed by atoms with van der Waals surface area (Å²) in [6.07, 6.45) is 2.34. The monoisotopic (exact) mass is 428 g/mol. The first kappa shape index (κ1) is 21.8. The highest BCUT2D eigenvalue weighted by molar-refractivity contribution is 7.99. The molecule has 0 radical (unpaired) electrons. The van der Waals surface area contributed by atoms with Crippen molar-refractivity contribution in [2.45, 2.75) is 62.2 Å². The Balaban J connectivity index is 1.81. The molecule has 0 unspecified atom stereocenters. The quantitative estimate of drug-likeness (QED) is 0.414. The molecule has 0 fully saturated rings. The number of rotatable bonds is 3. The molecule has 1 aliphatic heterocycles. The number of hydrogen-bond donors (Lipinski definition) is 0. The van der Waals surface area contributed by atoms with Crippen molar-refractivity contribution < 1.29 is 4.74 Å². The van der Waals surface area contributed by atoms with Crippen LogP contribution in [0.3, 0.4) is 0 Å². The first-order valence-electron chi connectivity index (χ1n) is 11.0. The van der Waals surface area contributed by atoms with Crippen LogP contribution in [0.5, 0.6) is 5.75 Å². The molecule has 1 nitrogen and oxygen atoms in total. The van der Waals surface area contributed by atoms with Crippen molar-refractivity contribution in [3.8, 4) is 5.75 Å². The van der Waals surface area contributed by atoms with E-state index in [1.54, 1.807) is 0 Å². The van der Waals surface area contributed by atoms with Crippen molar-refractivity contribution in [3.63, 3.8) is 0 Å². The molecular weight excluding hydrogens is 396 g/mol. The summed E-state index contributed by atoms with van der Waals surface area (Å²) in [7, 11) is 0. The van der Waals surface area contributed by atoms with Crippen LogP contribution in [-0.4, -0.2) is 6.61 Å². The lowest BCUT2D eigenvalue weighted by Crippen LogP contribution is -2.20.